The number of aryl methyl sites for hydroxylation is 1. The van der Waals surface area contributed by atoms with Crippen LogP contribution in [-0.4, -0.2) is 10.0 Å². The molecular formula is C14H12BrNO4. The molecule has 0 saturated carbocycles. The number of nitro benzene ring substituents is 1. The standard InChI is InChI=1S/C14H12BrNO4/c1-9-2-4-12(16(18)19)14(6-9)20-13-5-3-11(15)7-10(13)8-17/h2-7,17H,8H2,1H3. The minimum Gasteiger partial charge on any atom is -0.450 e. The normalized spacial score (nSPS) is 10.3. The van der Waals surface area contributed by atoms with Crippen molar-refractivity contribution >= 4 is 21.6 Å². The molecule has 0 bridgehead atoms. The first-order valence-corrected chi connectivity index (χ1v) is 6.62. The van der Waals surface area contributed by atoms with Gasteiger partial charge in [0.05, 0.1) is 11.5 Å². The first-order valence-electron chi connectivity index (χ1n) is 5.83. The number of nitrogens with zero attached hydrogens (tertiary/aromatic N) is 1. The lowest BCUT2D eigenvalue weighted by atomic mass is 10.2. The molecule has 104 valence electrons. The Balaban J connectivity index is 2.44. The number of halogens is 1. The van der Waals surface area contributed by atoms with Crippen LogP contribution < -0.4 is 4.74 Å². The van der Waals surface area contributed by atoms with Gasteiger partial charge in [0.1, 0.15) is 5.75 Å². The van der Waals surface area contributed by atoms with E-state index in [0.717, 1.165) is 10.0 Å². The molecule has 0 spiro atoms. The highest BCUT2D eigenvalue weighted by molar-refractivity contribution is 9.10. The first kappa shape index (κ1) is 14.5. The van der Waals surface area contributed by atoms with Gasteiger partial charge in [0, 0.05) is 16.1 Å². The van der Waals surface area contributed by atoms with Crippen LogP contribution in [0.5, 0.6) is 11.5 Å². The second-order valence-electron chi connectivity index (χ2n) is 4.24. The Labute approximate surface area is 124 Å². The van der Waals surface area contributed by atoms with Gasteiger partial charge in [-0.2, -0.15) is 0 Å². The maximum Gasteiger partial charge on any atom is 0.311 e. The molecule has 0 saturated heterocycles. The minimum absolute atomic E-state index is 0.109. The lowest BCUT2D eigenvalue weighted by Crippen LogP contribution is -1.96. The van der Waals surface area contributed by atoms with Crippen molar-refractivity contribution < 1.29 is 14.8 Å². The topological polar surface area (TPSA) is 72.6 Å². The molecule has 2 aromatic carbocycles. The molecule has 6 heteroatoms. The van der Waals surface area contributed by atoms with Crippen LogP contribution in [0.15, 0.2) is 40.9 Å². The summed E-state index contributed by atoms with van der Waals surface area (Å²) in [4.78, 5) is 10.5. The van der Waals surface area contributed by atoms with Gasteiger partial charge in [-0.1, -0.05) is 22.0 Å². The van der Waals surface area contributed by atoms with Crippen molar-refractivity contribution in [3.05, 3.63) is 62.1 Å². The predicted octanol–water partition coefficient (Wildman–Crippen LogP) is 3.95. The Morgan fingerprint density at radius 3 is 2.65 bits per heavy atom. The van der Waals surface area contributed by atoms with E-state index in [1.54, 1.807) is 30.3 Å². The van der Waals surface area contributed by atoms with Gasteiger partial charge in [-0.3, -0.25) is 10.1 Å². The number of benzene rings is 2. The molecule has 0 unspecified atom stereocenters. The van der Waals surface area contributed by atoms with E-state index in [-0.39, 0.29) is 18.0 Å². The summed E-state index contributed by atoms with van der Waals surface area (Å²) in [6, 6.07) is 9.76. The monoisotopic (exact) mass is 337 g/mol. The summed E-state index contributed by atoms with van der Waals surface area (Å²) in [6.45, 7) is 1.61. The largest absolute Gasteiger partial charge is 0.450 e. The fraction of sp³-hybridized carbons (Fsp3) is 0.143. The zero-order valence-corrected chi connectivity index (χ0v) is 12.3. The average molecular weight is 338 g/mol. The second-order valence-corrected chi connectivity index (χ2v) is 5.16. The molecule has 0 heterocycles. The molecule has 0 aliphatic carbocycles. The van der Waals surface area contributed by atoms with Crippen molar-refractivity contribution in [3.63, 3.8) is 0 Å². The van der Waals surface area contributed by atoms with Crippen LogP contribution in [0.25, 0.3) is 0 Å². The maximum absolute atomic E-state index is 11.0. The van der Waals surface area contributed by atoms with Crippen LogP contribution >= 0.6 is 15.9 Å². The number of rotatable bonds is 4. The highest BCUT2D eigenvalue weighted by Gasteiger charge is 2.17. The van der Waals surface area contributed by atoms with E-state index in [1.165, 1.54) is 6.07 Å². The van der Waals surface area contributed by atoms with Gasteiger partial charge in [0.25, 0.3) is 0 Å². The van der Waals surface area contributed by atoms with E-state index >= 15 is 0 Å². The van der Waals surface area contributed by atoms with Crippen LogP contribution in [-0.2, 0) is 6.61 Å². The second kappa shape index (κ2) is 6.02. The van der Waals surface area contributed by atoms with Crippen LogP contribution in [0, 0.1) is 17.0 Å². The molecule has 0 amide bonds. The van der Waals surface area contributed by atoms with Crippen molar-refractivity contribution in [2.75, 3.05) is 0 Å². The number of hydrogen-bond acceptors (Lipinski definition) is 4. The number of nitro groups is 1. The van der Waals surface area contributed by atoms with Gasteiger partial charge in [-0.05, 0) is 36.8 Å². The summed E-state index contributed by atoms with van der Waals surface area (Å²) >= 11 is 3.30. The number of hydrogen-bond donors (Lipinski definition) is 1. The van der Waals surface area contributed by atoms with Gasteiger partial charge < -0.3 is 9.84 Å². The third kappa shape index (κ3) is 3.15. The van der Waals surface area contributed by atoms with Crippen molar-refractivity contribution in [3.8, 4) is 11.5 Å². The SMILES string of the molecule is Cc1ccc([N+](=O)[O-])c(Oc2ccc(Br)cc2CO)c1. The summed E-state index contributed by atoms with van der Waals surface area (Å²) in [5.74, 6) is 0.552. The van der Waals surface area contributed by atoms with Crippen LogP contribution in [0.2, 0.25) is 0 Å². The predicted molar refractivity (Wildman–Crippen MR) is 78.0 cm³/mol. The summed E-state index contributed by atoms with van der Waals surface area (Å²) < 4.78 is 6.40. The third-order valence-corrected chi connectivity index (χ3v) is 3.22. The zero-order chi connectivity index (χ0) is 14.7. The van der Waals surface area contributed by atoms with E-state index in [9.17, 15) is 15.2 Å². The average Bonchev–Trinajstić information content (AvgIpc) is 2.40. The van der Waals surface area contributed by atoms with Gasteiger partial charge in [0.15, 0.2) is 0 Å². The quantitative estimate of drug-likeness (QED) is 0.677. The van der Waals surface area contributed by atoms with Gasteiger partial charge in [-0.25, -0.2) is 0 Å². The molecule has 0 aromatic heterocycles. The van der Waals surface area contributed by atoms with Gasteiger partial charge in [-0.15, -0.1) is 0 Å². The molecular weight excluding hydrogens is 326 g/mol. The molecule has 0 radical (unpaired) electrons. The van der Waals surface area contributed by atoms with E-state index in [2.05, 4.69) is 15.9 Å². The molecule has 0 aliphatic heterocycles. The Morgan fingerprint density at radius 1 is 1.25 bits per heavy atom. The molecule has 0 aliphatic rings. The molecule has 0 fully saturated rings. The van der Waals surface area contributed by atoms with Crippen molar-refractivity contribution in [2.24, 2.45) is 0 Å². The zero-order valence-electron chi connectivity index (χ0n) is 10.7. The molecule has 1 N–H and O–H groups in total. The third-order valence-electron chi connectivity index (χ3n) is 2.72. The van der Waals surface area contributed by atoms with Crippen LogP contribution in [0.4, 0.5) is 5.69 Å². The fourth-order valence-corrected chi connectivity index (χ4v) is 2.15. The lowest BCUT2D eigenvalue weighted by molar-refractivity contribution is -0.385. The van der Waals surface area contributed by atoms with Gasteiger partial charge >= 0.3 is 5.69 Å². The Hall–Kier alpha value is -1.92. The lowest BCUT2D eigenvalue weighted by Gasteiger charge is -2.11. The fourth-order valence-electron chi connectivity index (χ4n) is 1.74. The Bertz CT molecular complexity index is 658. The highest BCUT2D eigenvalue weighted by Crippen LogP contribution is 2.34. The molecule has 5 nitrogen and oxygen atoms in total. The van der Waals surface area contributed by atoms with E-state index < -0.39 is 4.92 Å². The Kier molecular flexibility index (Phi) is 4.36. The smallest absolute Gasteiger partial charge is 0.311 e. The summed E-state index contributed by atoms with van der Waals surface area (Å²) in [5, 5.41) is 20.3. The van der Waals surface area contributed by atoms with Crippen molar-refractivity contribution in [2.45, 2.75) is 13.5 Å². The first-order chi connectivity index (χ1) is 9.51. The number of aliphatic hydroxyl groups is 1. The van der Waals surface area contributed by atoms with E-state index in [0.29, 0.717) is 11.3 Å². The van der Waals surface area contributed by atoms with E-state index in [4.69, 9.17) is 4.74 Å². The number of ether oxygens (including phenoxy) is 1. The molecule has 20 heavy (non-hydrogen) atoms. The highest BCUT2D eigenvalue weighted by atomic mass is 79.9. The van der Waals surface area contributed by atoms with Gasteiger partial charge in [0.2, 0.25) is 5.75 Å². The van der Waals surface area contributed by atoms with E-state index in [1.807, 2.05) is 6.92 Å². The van der Waals surface area contributed by atoms with Crippen molar-refractivity contribution in [1.29, 1.82) is 0 Å². The Morgan fingerprint density at radius 2 is 2.00 bits per heavy atom. The van der Waals surface area contributed by atoms with Crippen molar-refractivity contribution in [1.82, 2.24) is 0 Å². The molecule has 0 atom stereocenters. The number of aliphatic hydroxyl groups excluding tert-OH is 1. The summed E-state index contributed by atoms with van der Waals surface area (Å²) in [7, 11) is 0. The summed E-state index contributed by atoms with van der Waals surface area (Å²) in [6.07, 6.45) is 0. The van der Waals surface area contributed by atoms with Crippen LogP contribution in [0.1, 0.15) is 11.1 Å². The van der Waals surface area contributed by atoms with Crippen LogP contribution in [0.3, 0.4) is 0 Å². The summed E-state index contributed by atoms with van der Waals surface area (Å²) in [5.41, 5.74) is 1.30. The molecule has 2 rings (SSSR count). The molecule has 2 aromatic rings. The maximum atomic E-state index is 11.0. The minimum atomic E-state index is -0.494.